The van der Waals surface area contributed by atoms with Gasteiger partial charge in [-0.3, -0.25) is 0 Å². The Bertz CT molecular complexity index is 484. The van der Waals surface area contributed by atoms with Gasteiger partial charge < -0.3 is 0 Å². The Hall–Kier alpha value is 0.550. The molecule has 2 rings (SSSR count). The van der Waals surface area contributed by atoms with Gasteiger partial charge in [0.15, 0.2) is 0 Å². The number of thiophene rings is 1. The Balaban J connectivity index is 2.13. The summed E-state index contributed by atoms with van der Waals surface area (Å²) in [5.41, 5.74) is 1.14. The van der Waals surface area contributed by atoms with Gasteiger partial charge in [0.1, 0.15) is 5.52 Å². The van der Waals surface area contributed by atoms with Crippen molar-refractivity contribution in [1.29, 1.82) is 0 Å². The average molecular weight is 411 g/mol. The zero-order valence-electron chi connectivity index (χ0n) is 10.6. The number of aromatic nitrogens is 1. The molecule has 18 heavy (non-hydrogen) atoms. The Morgan fingerprint density at radius 2 is 1.94 bits per heavy atom. The van der Waals surface area contributed by atoms with Gasteiger partial charge >= 0.3 is 0 Å². The van der Waals surface area contributed by atoms with Gasteiger partial charge in [0.05, 0.1) is 17.3 Å². The van der Waals surface area contributed by atoms with Gasteiger partial charge in [-0.25, -0.2) is 4.98 Å². The summed E-state index contributed by atoms with van der Waals surface area (Å²) in [6, 6.07) is 0. The van der Waals surface area contributed by atoms with E-state index in [1.807, 2.05) is 11.3 Å². The Kier molecular flexibility index (Phi) is 5.66. The molecule has 0 aliphatic carbocycles. The number of unbranched alkanes of at least 4 members (excludes halogenated alkanes) is 1. The normalized spacial score (nSPS) is 13.3. The summed E-state index contributed by atoms with van der Waals surface area (Å²) in [5, 5.41) is 1.29. The molecule has 2 aromatic rings. The molecular weight excluding hydrogens is 394 g/mol. The van der Waals surface area contributed by atoms with Crippen LogP contribution in [-0.2, 0) is 6.42 Å². The minimum atomic E-state index is 0.793. The molecular formula is C13H17Br2NS2. The van der Waals surface area contributed by atoms with E-state index in [1.165, 1.54) is 39.2 Å². The molecule has 0 N–H and O–H groups in total. The minimum absolute atomic E-state index is 0.793. The van der Waals surface area contributed by atoms with Crippen LogP contribution in [0.1, 0.15) is 44.5 Å². The Morgan fingerprint density at radius 3 is 2.56 bits per heavy atom. The first-order valence-corrected chi connectivity index (χ1v) is 9.60. The van der Waals surface area contributed by atoms with Gasteiger partial charge in [0.25, 0.3) is 0 Å². The van der Waals surface area contributed by atoms with E-state index in [0.29, 0.717) is 0 Å². The summed E-state index contributed by atoms with van der Waals surface area (Å²) in [4.78, 5) is 4.78. The lowest BCUT2D eigenvalue weighted by molar-refractivity contribution is 0.449. The molecule has 5 heteroatoms. The number of hydrogen-bond donors (Lipinski definition) is 0. The molecule has 0 aliphatic rings. The van der Waals surface area contributed by atoms with Crippen LogP contribution in [0.2, 0.25) is 0 Å². The molecule has 100 valence electrons. The fraction of sp³-hybridized carbons (Fsp3) is 0.615. The highest BCUT2D eigenvalue weighted by Gasteiger charge is 2.16. The third-order valence-electron chi connectivity index (χ3n) is 3.22. The highest BCUT2D eigenvalue weighted by Crippen LogP contribution is 2.42. The van der Waals surface area contributed by atoms with Gasteiger partial charge in [-0.2, -0.15) is 0 Å². The fourth-order valence-electron chi connectivity index (χ4n) is 2.08. The second-order valence-electron chi connectivity index (χ2n) is 4.56. The van der Waals surface area contributed by atoms with Crippen LogP contribution in [0.15, 0.2) is 7.57 Å². The molecule has 2 heterocycles. The van der Waals surface area contributed by atoms with Crippen LogP contribution in [0.25, 0.3) is 10.2 Å². The predicted octanol–water partition coefficient (Wildman–Crippen LogP) is 6.64. The van der Waals surface area contributed by atoms with Crippen molar-refractivity contribution < 1.29 is 0 Å². The number of nitrogens with zero attached hydrogens (tertiary/aromatic N) is 1. The molecule has 0 bridgehead atoms. The first-order valence-electron chi connectivity index (χ1n) is 6.38. The summed E-state index contributed by atoms with van der Waals surface area (Å²) in [5.74, 6) is 0.793. The molecule has 0 aliphatic heterocycles. The summed E-state index contributed by atoms with van der Waals surface area (Å²) in [7, 11) is 0. The van der Waals surface area contributed by atoms with Crippen LogP contribution in [0.3, 0.4) is 0 Å². The maximum absolute atomic E-state index is 4.78. The first kappa shape index (κ1) is 14.9. The topological polar surface area (TPSA) is 12.9 Å². The number of halogens is 2. The molecule has 0 spiro atoms. The monoisotopic (exact) mass is 409 g/mol. The molecule has 0 saturated heterocycles. The van der Waals surface area contributed by atoms with Crippen molar-refractivity contribution in [2.45, 2.75) is 46.0 Å². The molecule has 0 fully saturated rings. The third-order valence-corrected chi connectivity index (χ3v) is 7.21. The van der Waals surface area contributed by atoms with Gasteiger partial charge in [-0.1, -0.05) is 39.5 Å². The van der Waals surface area contributed by atoms with Crippen molar-refractivity contribution in [3.05, 3.63) is 12.6 Å². The van der Waals surface area contributed by atoms with Crippen LogP contribution < -0.4 is 0 Å². The SMILES string of the molecule is CCCCC(CC)Cc1nc2c(Br)sc(Br)c2s1. The zero-order chi connectivity index (χ0) is 13.1. The summed E-state index contributed by atoms with van der Waals surface area (Å²) in [6.45, 7) is 4.56. The summed E-state index contributed by atoms with van der Waals surface area (Å²) in [6.07, 6.45) is 6.36. The number of rotatable bonds is 6. The average Bonchev–Trinajstić information content (AvgIpc) is 2.87. The predicted molar refractivity (Wildman–Crippen MR) is 89.9 cm³/mol. The second kappa shape index (κ2) is 6.82. The van der Waals surface area contributed by atoms with E-state index in [-0.39, 0.29) is 0 Å². The van der Waals surface area contributed by atoms with E-state index in [1.54, 1.807) is 11.3 Å². The minimum Gasteiger partial charge on any atom is -0.239 e. The Morgan fingerprint density at radius 1 is 1.17 bits per heavy atom. The molecule has 0 aromatic carbocycles. The van der Waals surface area contributed by atoms with Crippen molar-refractivity contribution in [2.24, 2.45) is 5.92 Å². The van der Waals surface area contributed by atoms with Gasteiger partial charge in [0, 0.05) is 6.42 Å². The maximum atomic E-state index is 4.78. The smallest absolute Gasteiger partial charge is 0.108 e. The molecule has 0 amide bonds. The lowest BCUT2D eigenvalue weighted by Crippen LogP contribution is -2.02. The van der Waals surface area contributed by atoms with Crippen LogP contribution >= 0.6 is 54.5 Å². The van der Waals surface area contributed by atoms with Crippen molar-refractivity contribution >= 4 is 64.8 Å². The van der Waals surface area contributed by atoms with Crippen molar-refractivity contribution in [2.75, 3.05) is 0 Å². The Labute approximate surface area is 133 Å². The molecule has 1 unspecified atom stereocenters. The number of hydrogen-bond acceptors (Lipinski definition) is 3. The van der Waals surface area contributed by atoms with E-state index in [0.717, 1.165) is 21.6 Å². The molecule has 0 radical (unpaired) electrons. The fourth-order valence-corrected chi connectivity index (χ4v) is 6.48. The standard InChI is InChI=1S/C13H17Br2NS2/c1-3-5-6-8(4-2)7-9-16-10-11(17-9)13(15)18-12(10)14/h8H,3-7H2,1-2H3. The van der Waals surface area contributed by atoms with Crippen LogP contribution in [0, 0.1) is 5.92 Å². The van der Waals surface area contributed by atoms with E-state index >= 15 is 0 Å². The quantitative estimate of drug-likeness (QED) is 0.519. The van der Waals surface area contributed by atoms with E-state index < -0.39 is 0 Å². The van der Waals surface area contributed by atoms with E-state index in [9.17, 15) is 0 Å². The summed E-state index contributed by atoms with van der Waals surface area (Å²) >= 11 is 10.8. The summed E-state index contributed by atoms with van der Waals surface area (Å²) < 4.78 is 3.65. The molecule has 1 atom stereocenters. The van der Waals surface area contributed by atoms with Crippen molar-refractivity contribution in [3.63, 3.8) is 0 Å². The van der Waals surface area contributed by atoms with Crippen LogP contribution in [-0.4, -0.2) is 4.98 Å². The molecule has 0 saturated carbocycles. The number of thiazole rings is 1. The van der Waals surface area contributed by atoms with Gasteiger partial charge in [-0.05, 0) is 37.8 Å². The second-order valence-corrected chi connectivity index (χ2v) is 9.30. The van der Waals surface area contributed by atoms with Crippen molar-refractivity contribution in [1.82, 2.24) is 4.98 Å². The van der Waals surface area contributed by atoms with E-state index in [4.69, 9.17) is 4.98 Å². The lowest BCUT2D eigenvalue weighted by Gasteiger charge is -2.11. The molecule has 2 aromatic heterocycles. The first-order chi connectivity index (χ1) is 8.65. The highest BCUT2D eigenvalue weighted by molar-refractivity contribution is 9.12. The van der Waals surface area contributed by atoms with Crippen LogP contribution in [0.4, 0.5) is 0 Å². The van der Waals surface area contributed by atoms with E-state index in [2.05, 4.69) is 45.7 Å². The lowest BCUT2D eigenvalue weighted by atomic mass is 9.96. The highest BCUT2D eigenvalue weighted by atomic mass is 79.9. The number of fused-ring (bicyclic) bond motifs is 1. The van der Waals surface area contributed by atoms with Crippen LogP contribution in [0.5, 0.6) is 0 Å². The largest absolute Gasteiger partial charge is 0.239 e. The molecule has 1 nitrogen and oxygen atoms in total. The third kappa shape index (κ3) is 3.35. The van der Waals surface area contributed by atoms with Gasteiger partial charge in [0.2, 0.25) is 0 Å². The van der Waals surface area contributed by atoms with Gasteiger partial charge in [-0.15, -0.1) is 22.7 Å². The maximum Gasteiger partial charge on any atom is 0.108 e. The zero-order valence-corrected chi connectivity index (χ0v) is 15.4. The van der Waals surface area contributed by atoms with Crippen molar-refractivity contribution in [3.8, 4) is 0 Å².